The van der Waals surface area contributed by atoms with Gasteiger partial charge in [-0.05, 0) is 58.7 Å². The topological polar surface area (TPSA) is 31.2 Å². The number of halogens is 3. The van der Waals surface area contributed by atoms with E-state index in [1.54, 1.807) is 30.3 Å². The van der Waals surface area contributed by atoms with Crippen LogP contribution in [0.4, 0.5) is 8.78 Å². The lowest BCUT2D eigenvalue weighted by molar-refractivity contribution is 0.126. The van der Waals surface area contributed by atoms with Gasteiger partial charge in [0, 0.05) is 5.56 Å². The van der Waals surface area contributed by atoms with Crippen LogP contribution in [0.25, 0.3) is 11.3 Å². The molecular weight excluding hydrogens is 368 g/mol. The zero-order chi connectivity index (χ0) is 17.0. The van der Waals surface area contributed by atoms with E-state index in [1.165, 1.54) is 0 Å². The maximum Gasteiger partial charge on any atom is 0.265 e. The zero-order valence-electron chi connectivity index (χ0n) is 12.4. The number of hydrogen-bond acceptors (Lipinski definition) is 2. The van der Waals surface area contributed by atoms with E-state index >= 15 is 0 Å². The van der Waals surface area contributed by atoms with Crippen LogP contribution in [-0.4, -0.2) is 17.6 Å². The minimum atomic E-state index is -2.63. The molecule has 0 aliphatic carbocycles. The lowest BCUT2D eigenvalue weighted by atomic mass is 10.0. The van der Waals surface area contributed by atoms with Gasteiger partial charge in [-0.25, -0.2) is 8.78 Å². The molecule has 0 fully saturated rings. The van der Waals surface area contributed by atoms with Crippen LogP contribution in [0.15, 0.2) is 39.6 Å². The molecule has 0 saturated heterocycles. The van der Waals surface area contributed by atoms with Gasteiger partial charge in [0.1, 0.15) is 12.4 Å². The van der Waals surface area contributed by atoms with Gasteiger partial charge in [-0.3, -0.25) is 4.79 Å². The summed E-state index contributed by atoms with van der Waals surface area (Å²) in [6.45, 7) is 1.30. The molecule has 1 aromatic heterocycles. The molecule has 1 aromatic carbocycles. The molecule has 120 valence electrons. The number of nitrogens with zero attached hydrogens (tertiary/aromatic N) is 1. The normalized spacial score (nSPS) is 10.6. The Hall–Kier alpha value is -2.13. The Balaban J connectivity index is 2.52. The van der Waals surface area contributed by atoms with Crippen LogP contribution in [0.5, 0.6) is 5.75 Å². The highest BCUT2D eigenvalue weighted by molar-refractivity contribution is 9.10. The molecule has 23 heavy (non-hydrogen) atoms. The summed E-state index contributed by atoms with van der Waals surface area (Å²) in [6, 6.07) is 8.37. The number of aryl methyl sites for hydroxylation is 1. The van der Waals surface area contributed by atoms with Crippen molar-refractivity contribution in [3.05, 3.63) is 50.7 Å². The summed E-state index contributed by atoms with van der Waals surface area (Å²) >= 11 is 3.08. The smallest absolute Gasteiger partial charge is 0.265 e. The predicted molar refractivity (Wildman–Crippen MR) is 88.9 cm³/mol. The quantitative estimate of drug-likeness (QED) is 0.736. The summed E-state index contributed by atoms with van der Waals surface area (Å²) in [5.74, 6) is 2.96. The second-order valence-electron chi connectivity index (χ2n) is 4.84. The van der Waals surface area contributed by atoms with Crippen LogP contribution >= 0.6 is 15.9 Å². The van der Waals surface area contributed by atoms with E-state index in [9.17, 15) is 13.6 Å². The Morgan fingerprint density at radius 1 is 1.35 bits per heavy atom. The summed E-state index contributed by atoms with van der Waals surface area (Å²) in [7, 11) is 0. The minimum Gasteiger partial charge on any atom is -0.481 e. The number of pyridine rings is 1. The number of hydrogen-bond donors (Lipinski definition) is 0. The van der Waals surface area contributed by atoms with Crippen LogP contribution in [0.2, 0.25) is 0 Å². The third kappa shape index (κ3) is 3.99. The molecule has 0 N–H and O–H groups in total. The molecule has 0 unspecified atom stereocenters. The average molecular weight is 382 g/mol. The van der Waals surface area contributed by atoms with Gasteiger partial charge >= 0.3 is 0 Å². The fourth-order valence-corrected chi connectivity index (χ4v) is 2.59. The number of alkyl halides is 2. The fraction of sp³-hybridized carbons (Fsp3) is 0.235. The molecular formula is C17H14BrF2NO2. The minimum absolute atomic E-state index is 0.146. The zero-order valence-corrected chi connectivity index (χ0v) is 13.9. The summed E-state index contributed by atoms with van der Waals surface area (Å²) in [5, 5.41) is 0. The molecule has 3 nitrogen and oxygen atoms in total. The molecule has 2 rings (SSSR count). The SMILES string of the molecule is C#CCOc1ccc(-c2ccc(Br)c(=O)n2CC(F)F)c(C)c1. The van der Waals surface area contributed by atoms with E-state index in [-0.39, 0.29) is 11.1 Å². The summed E-state index contributed by atoms with van der Waals surface area (Å²) in [4.78, 5) is 12.2. The molecule has 0 radical (unpaired) electrons. The average Bonchev–Trinajstić information content (AvgIpc) is 2.50. The monoisotopic (exact) mass is 381 g/mol. The van der Waals surface area contributed by atoms with Crippen molar-refractivity contribution in [1.82, 2.24) is 4.57 Å². The third-order valence-electron chi connectivity index (χ3n) is 3.24. The molecule has 0 spiro atoms. The van der Waals surface area contributed by atoms with Crippen LogP contribution in [-0.2, 0) is 6.54 Å². The van der Waals surface area contributed by atoms with Gasteiger partial charge < -0.3 is 9.30 Å². The van der Waals surface area contributed by atoms with E-state index in [4.69, 9.17) is 11.2 Å². The Morgan fingerprint density at radius 3 is 2.70 bits per heavy atom. The summed E-state index contributed by atoms with van der Waals surface area (Å²) in [5.41, 5.74) is 1.42. The third-order valence-corrected chi connectivity index (χ3v) is 3.85. The van der Waals surface area contributed by atoms with Crippen molar-refractivity contribution in [2.45, 2.75) is 19.9 Å². The van der Waals surface area contributed by atoms with E-state index in [1.807, 2.05) is 6.92 Å². The Labute approximate surface area is 141 Å². The number of ether oxygens (including phenoxy) is 1. The Kier molecular flexibility index (Phi) is 5.56. The lowest BCUT2D eigenvalue weighted by Gasteiger charge is -2.15. The van der Waals surface area contributed by atoms with Crippen molar-refractivity contribution >= 4 is 15.9 Å². The fourth-order valence-electron chi connectivity index (χ4n) is 2.24. The van der Waals surface area contributed by atoms with E-state index in [0.29, 0.717) is 17.0 Å². The molecule has 0 aliphatic rings. The van der Waals surface area contributed by atoms with Crippen molar-refractivity contribution in [2.75, 3.05) is 6.61 Å². The van der Waals surface area contributed by atoms with E-state index < -0.39 is 18.5 Å². The maximum atomic E-state index is 12.8. The highest BCUT2D eigenvalue weighted by Crippen LogP contribution is 2.27. The number of aromatic nitrogens is 1. The molecule has 0 atom stereocenters. The second-order valence-corrected chi connectivity index (χ2v) is 5.70. The summed E-state index contributed by atoms with van der Waals surface area (Å²) in [6.07, 6.45) is 2.52. The maximum absolute atomic E-state index is 12.8. The van der Waals surface area contributed by atoms with Crippen molar-refractivity contribution in [2.24, 2.45) is 0 Å². The van der Waals surface area contributed by atoms with Gasteiger partial charge in [0.25, 0.3) is 12.0 Å². The van der Waals surface area contributed by atoms with Gasteiger partial charge in [-0.15, -0.1) is 6.42 Å². The first-order valence-electron chi connectivity index (χ1n) is 6.78. The summed E-state index contributed by atoms with van der Waals surface area (Å²) < 4.78 is 32.3. The largest absolute Gasteiger partial charge is 0.481 e. The van der Waals surface area contributed by atoms with Gasteiger partial charge in [-0.2, -0.15) is 0 Å². The molecule has 2 aromatic rings. The molecule has 0 saturated carbocycles. The Bertz CT molecular complexity index is 809. The first kappa shape index (κ1) is 17.2. The van der Waals surface area contributed by atoms with Gasteiger partial charge in [0.2, 0.25) is 0 Å². The number of terminal acetylenes is 1. The van der Waals surface area contributed by atoms with E-state index in [0.717, 1.165) is 10.1 Å². The molecule has 6 heteroatoms. The van der Waals surface area contributed by atoms with Crippen molar-refractivity contribution in [1.29, 1.82) is 0 Å². The number of rotatable bonds is 5. The van der Waals surface area contributed by atoms with Crippen LogP contribution < -0.4 is 10.3 Å². The molecule has 0 aliphatic heterocycles. The highest BCUT2D eigenvalue weighted by atomic mass is 79.9. The predicted octanol–water partition coefficient (Wildman–Crippen LogP) is 3.86. The van der Waals surface area contributed by atoms with E-state index in [2.05, 4.69) is 21.9 Å². The Morgan fingerprint density at radius 2 is 2.09 bits per heavy atom. The van der Waals surface area contributed by atoms with Crippen LogP contribution in [0.3, 0.4) is 0 Å². The lowest BCUT2D eigenvalue weighted by Crippen LogP contribution is -2.25. The standard InChI is InChI=1S/C17H14BrF2NO2/c1-3-8-23-12-4-5-13(11(2)9-12)15-7-6-14(18)17(22)21(15)10-16(19)20/h1,4-7,9,16H,8,10H2,2H3. The van der Waals surface area contributed by atoms with Gasteiger partial charge in [0.05, 0.1) is 16.7 Å². The molecule has 0 bridgehead atoms. The highest BCUT2D eigenvalue weighted by Gasteiger charge is 2.15. The van der Waals surface area contributed by atoms with Gasteiger partial charge in [0.15, 0.2) is 0 Å². The van der Waals surface area contributed by atoms with Crippen LogP contribution in [0.1, 0.15) is 5.56 Å². The molecule has 0 amide bonds. The van der Waals surface area contributed by atoms with Gasteiger partial charge in [-0.1, -0.05) is 5.92 Å². The van der Waals surface area contributed by atoms with Crippen molar-refractivity contribution < 1.29 is 13.5 Å². The molecule has 1 heterocycles. The van der Waals surface area contributed by atoms with Crippen LogP contribution in [0, 0.1) is 19.3 Å². The van der Waals surface area contributed by atoms with Crippen molar-refractivity contribution in [3.63, 3.8) is 0 Å². The van der Waals surface area contributed by atoms with Crippen molar-refractivity contribution in [3.8, 4) is 29.4 Å². The number of benzene rings is 1. The second kappa shape index (κ2) is 7.42. The first-order chi connectivity index (χ1) is 10.9. The first-order valence-corrected chi connectivity index (χ1v) is 7.58.